The number of rotatable bonds is 6. The van der Waals surface area contributed by atoms with Crippen LogP contribution in [0.4, 0.5) is 0 Å². The zero-order valence-corrected chi connectivity index (χ0v) is 11.0. The number of aliphatic hydroxyl groups excluding tert-OH is 1. The van der Waals surface area contributed by atoms with Crippen LogP contribution in [-0.2, 0) is 16.6 Å². The summed E-state index contributed by atoms with van der Waals surface area (Å²) in [6.45, 7) is 3.69. The van der Waals surface area contributed by atoms with Gasteiger partial charge in [0.1, 0.15) is 0 Å². The molecule has 94 valence electrons. The molecule has 0 saturated heterocycles. The van der Waals surface area contributed by atoms with Crippen LogP contribution in [-0.4, -0.2) is 30.4 Å². The van der Waals surface area contributed by atoms with Gasteiger partial charge in [-0.15, -0.1) is 17.9 Å². The highest BCUT2D eigenvalue weighted by molar-refractivity contribution is 7.89. The summed E-state index contributed by atoms with van der Waals surface area (Å²) in [5.74, 6) is 0. The van der Waals surface area contributed by atoms with E-state index < -0.39 is 10.0 Å². The molecule has 4 nitrogen and oxygen atoms in total. The molecule has 0 radical (unpaired) electrons. The quantitative estimate of drug-likeness (QED) is 0.801. The van der Waals surface area contributed by atoms with Gasteiger partial charge in [0.15, 0.2) is 0 Å². The van der Waals surface area contributed by atoms with Crippen LogP contribution in [0.1, 0.15) is 17.7 Å². The summed E-state index contributed by atoms with van der Waals surface area (Å²) in [6, 6.07) is 1.66. The second kappa shape index (κ2) is 4.89. The van der Waals surface area contributed by atoms with E-state index in [1.54, 1.807) is 17.5 Å². The molecule has 0 amide bonds. The van der Waals surface area contributed by atoms with Gasteiger partial charge < -0.3 is 5.11 Å². The van der Waals surface area contributed by atoms with E-state index in [4.69, 9.17) is 5.11 Å². The van der Waals surface area contributed by atoms with Crippen molar-refractivity contribution in [3.8, 4) is 0 Å². The third kappa shape index (κ3) is 2.44. The lowest BCUT2D eigenvalue weighted by Crippen LogP contribution is -2.33. The van der Waals surface area contributed by atoms with Gasteiger partial charge in [-0.1, -0.05) is 6.08 Å². The maximum Gasteiger partial charge on any atom is 0.244 e. The fraction of sp³-hybridized carbons (Fsp3) is 0.455. The minimum atomic E-state index is -3.49. The highest BCUT2D eigenvalue weighted by atomic mass is 32.2. The molecular weight excluding hydrogens is 258 g/mol. The summed E-state index contributed by atoms with van der Waals surface area (Å²) in [7, 11) is -3.49. The van der Waals surface area contributed by atoms with Crippen LogP contribution in [0.2, 0.25) is 0 Å². The third-order valence-electron chi connectivity index (χ3n) is 2.70. The number of hydrogen-bond acceptors (Lipinski definition) is 4. The molecule has 6 heteroatoms. The average molecular weight is 273 g/mol. The lowest BCUT2D eigenvalue weighted by atomic mass is 10.5. The third-order valence-corrected chi connectivity index (χ3v) is 5.74. The van der Waals surface area contributed by atoms with E-state index in [0.29, 0.717) is 11.4 Å². The van der Waals surface area contributed by atoms with Crippen molar-refractivity contribution in [1.29, 1.82) is 0 Å². The Bertz CT molecular complexity index is 503. The van der Waals surface area contributed by atoms with Crippen LogP contribution < -0.4 is 0 Å². The zero-order valence-electron chi connectivity index (χ0n) is 9.37. The summed E-state index contributed by atoms with van der Waals surface area (Å²) in [6.07, 6.45) is 3.41. The molecule has 1 aromatic heterocycles. The number of hydrogen-bond donors (Lipinski definition) is 1. The predicted molar refractivity (Wildman–Crippen MR) is 67.4 cm³/mol. The van der Waals surface area contributed by atoms with Crippen molar-refractivity contribution in [1.82, 2.24) is 4.31 Å². The van der Waals surface area contributed by atoms with Crippen LogP contribution >= 0.6 is 11.3 Å². The molecule has 0 unspecified atom stereocenters. The van der Waals surface area contributed by atoms with E-state index in [9.17, 15) is 8.42 Å². The Hall–Kier alpha value is -0.690. The Kier molecular flexibility index (Phi) is 3.67. The minimum absolute atomic E-state index is 0.101. The second-order valence-electron chi connectivity index (χ2n) is 3.96. The monoisotopic (exact) mass is 273 g/mol. The lowest BCUT2D eigenvalue weighted by Gasteiger charge is -2.20. The smallest absolute Gasteiger partial charge is 0.244 e. The van der Waals surface area contributed by atoms with E-state index in [1.165, 1.54) is 15.6 Å². The van der Waals surface area contributed by atoms with Crippen molar-refractivity contribution < 1.29 is 13.5 Å². The summed E-state index contributed by atoms with van der Waals surface area (Å²) in [4.78, 5) is 0.735. The zero-order chi connectivity index (χ0) is 12.5. The molecule has 1 aliphatic carbocycles. The number of aliphatic hydroxyl groups is 1. The summed E-state index contributed by atoms with van der Waals surface area (Å²) >= 11 is 1.26. The molecule has 1 heterocycles. The second-order valence-corrected chi connectivity index (χ2v) is 6.82. The van der Waals surface area contributed by atoms with Gasteiger partial charge in [-0.05, 0) is 24.3 Å². The van der Waals surface area contributed by atoms with Crippen LogP contribution in [0.25, 0.3) is 0 Å². The average Bonchev–Trinajstić information content (AvgIpc) is 3.00. The Morgan fingerprint density at radius 1 is 1.59 bits per heavy atom. The van der Waals surface area contributed by atoms with Crippen molar-refractivity contribution in [2.24, 2.45) is 0 Å². The van der Waals surface area contributed by atoms with Gasteiger partial charge in [0.25, 0.3) is 0 Å². The lowest BCUT2D eigenvalue weighted by molar-refractivity contribution is 0.282. The standard InChI is InChI=1S/C11H15NO3S2/c1-2-6-12(9-3-4-9)17(14,15)11-5-7-16-10(11)8-13/h2,5,7,9,13H,1,3-4,6,8H2. The van der Waals surface area contributed by atoms with Crippen molar-refractivity contribution in [3.05, 3.63) is 29.0 Å². The predicted octanol–water partition coefficient (Wildman–Crippen LogP) is 1.58. The van der Waals surface area contributed by atoms with Crippen molar-refractivity contribution in [2.75, 3.05) is 6.54 Å². The molecule has 0 spiro atoms. The van der Waals surface area contributed by atoms with E-state index >= 15 is 0 Å². The largest absolute Gasteiger partial charge is 0.391 e. The minimum Gasteiger partial charge on any atom is -0.391 e. The van der Waals surface area contributed by atoms with E-state index in [2.05, 4.69) is 6.58 Å². The van der Waals surface area contributed by atoms with E-state index in [-0.39, 0.29) is 17.5 Å². The van der Waals surface area contributed by atoms with Crippen LogP contribution in [0.3, 0.4) is 0 Å². The molecule has 1 aromatic rings. The van der Waals surface area contributed by atoms with Gasteiger partial charge in [-0.2, -0.15) is 4.31 Å². The fourth-order valence-electron chi connectivity index (χ4n) is 1.73. The van der Waals surface area contributed by atoms with Gasteiger partial charge in [-0.3, -0.25) is 0 Å². The Labute approximate surface area is 105 Å². The molecule has 17 heavy (non-hydrogen) atoms. The molecule has 1 N–H and O–H groups in total. The molecule has 0 atom stereocenters. The number of thiophene rings is 1. The molecule has 2 rings (SSSR count). The van der Waals surface area contributed by atoms with Gasteiger partial charge in [0.05, 0.1) is 11.5 Å². The SMILES string of the molecule is C=CCN(C1CC1)S(=O)(=O)c1ccsc1CO. The van der Waals surface area contributed by atoms with Crippen LogP contribution in [0.15, 0.2) is 29.0 Å². The molecule has 1 saturated carbocycles. The van der Waals surface area contributed by atoms with E-state index in [0.717, 1.165) is 12.8 Å². The fourth-order valence-corrected chi connectivity index (χ4v) is 4.66. The first kappa shape index (κ1) is 12.8. The Morgan fingerprint density at radius 3 is 2.82 bits per heavy atom. The first-order valence-corrected chi connectivity index (χ1v) is 7.73. The number of sulfonamides is 1. The summed E-state index contributed by atoms with van der Waals surface area (Å²) in [5.41, 5.74) is 0. The molecule has 0 aromatic carbocycles. The maximum absolute atomic E-state index is 12.4. The first-order valence-electron chi connectivity index (χ1n) is 5.41. The molecule has 0 bridgehead atoms. The van der Waals surface area contributed by atoms with Crippen LogP contribution in [0, 0.1) is 0 Å². The van der Waals surface area contributed by atoms with Crippen LogP contribution in [0.5, 0.6) is 0 Å². The van der Waals surface area contributed by atoms with Crippen molar-refractivity contribution in [2.45, 2.75) is 30.4 Å². The molecule has 0 aliphatic heterocycles. The van der Waals surface area contributed by atoms with Gasteiger partial charge in [0.2, 0.25) is 10.0 Å². The normalized spacial score (nSPS) is 16.4. The molecule has 1 fully saturated rings. The number of nitrogens with zero attached hydrogens (tertiary/aromatic N) is 1. The van der Waals surface area contributed by atoms with E-state index in [1.807, 2.05) is 0 Å². The van der Waals surface area contributed by atoms with Crippen molar-refractivity contribution in [3.63, 3.8) is 0 Å². The van der Waals surface area contributed by atoms with Gasteiger partial charge >= 0.3 is 0 Å². The maximum atomic E-state index is 12.4. The van der Waals surface area contributed by atoms with Gasteiger partial charge in [0, 0.05) is 17.5 Å². The highest BCUT2D eigenvalue weighted by Crippen LogP contribution is 2.34. The summed E-state index contributed by atoms with van der Waals surface area (Å²) < 4.78 is 26.3. The highest BCUT2D eigenvalue weighted by Gasteiger charge is 2.38. The molecular formula is C11H15NO3S2. The molecule has 1 aliphatic rings. The first-order chi connectivity index (χ1) is 8.11. The van der Waals surface area contributed by atoms with Crippen molar-refractivity contribution >= 4 is 21.4 Å². The van der Waals surface area contributed by atoms with Gasteiger partial charge in [-0.25, -0.2) is 8.42 Å². The topological polar surface area (TPSA) is 57.6 Å². The Balaban J connectivity index is 2.36. The summed E-state index contributed by atoms with van der Waals surface area (Å²) in [5, 5.41) is 10.8. The Morgan fingerprint density at radius 2 is 2.29 bits per heavy atom.